The third-order valence-corrected chi connectivity index (χ3v) is 6.19. The fourth-order valence-electron chi connectivity index (χ4n) is 4.47. The summed E-state index contributed by atoms with van der Waals surface area (Å²) in [7, 11) is 1.91. The Morgan fingerprint density at radius 2 is 1.79 bits per heavy atom. The molecule has 0 aliphatic carbocycles. The summed E-state index contributed by atoms with van der Waals surface area (Å²) < 4.78 is 1.84. The number of anilines is 2. The lowest BCUT2D eigenvalue weighted by Crippen LogP contribution is -2.38. The van der Waals surface area contributed by atoms with Crippen molar-refractivity contribution in [2.75, 3.05) is 18.4 Å². The highest BCUT2D eigenvalue weighted by Crippen LogP contribution is 2.28. The summed E-state index contributed by atoms with van der Waals surface area (Å²) in [5.74, 6) is 2.03. The van der Waals surface area contributed by atoms with Gasteiger partial charge in [-0.2, -0.15) is 5.10 Å². The molecule has 0 saturated carbocycles. The highest BCUT2D eigenvalue weighted by atomic mass is 16.2. The maximum Gasteiger partial charge on any atom is 0.246 e. The van der Waals surface area contributed by atoms with Gasteiger partial charge in [-0.3, -0.25) is 9.48 Å². The number of hydrogen-bond donors (Lipinski definition) is 1. The van der Waals surface area contributed by atoms with Gasteiger partial charge in [-0.1, -0.05) is 0 Å². The Morgan fingerprint density at radius 1 is 1.06 bits per heavy atom. The first-order valence-corrected chi connectivity index (χ1v) is 11.6. The molecule has 178 valence electrons. The molecule has 1 fully saturated rings. The van der Waals surface area contributed by atoms with Gasteiger partial charge in [0.2, 0.25) is 11.9 Å². The highest BCUT2D eigenvalue weighted by Gasteiger charge is 2.25. The van der Waals surface area contributed by atoms with Crippen molar-refractivity contribution >= 4 is 23.7 Å². The van der Waals surface area contributed by atoms with E-state index in [-0.39, 0.29) is 11.8 Å². The van der Waals surface area contributed by atoms with E-state index < -0.39 is 0 Å². The normalized spacial score (nSPS) is 16.3. The Morgan fingerprint density at radius 3 is 2.47 bits per heavy atom. The van der Waals surface area contributed by atoms with Gasteiger partial charge in [-0.25, -0.2) is 19.9 Å². The quantitative estimate of drug-likeness (QED) is 0.579. The first-order chi connectivity index (χ1) is 16.2. The predicted molar refractivity (Wildman–Crippen MR) is 132 cm³/mol. The molecule has 0 unspecified atom stereocenters. The van der Waals surface area contributed by atoms with Crippen molar-refractivity contribution < 1.29 is 4.79 Å². The first-order valence-electron chi connectivity index (χ1n) is 11.6. The van der Waals surface area contributed by atoms with Crippen LogP contribution < -0.4 is 5.32 Å². The Kier molecular flexibility index (Phi) is 6.72. The minimum Gasteiger partial charge on any atom is -0.338 e. The molecule has 1 saturated heterocycles. The van der Waals surface area contributed by atoms with Crippen LogP contribution in [-0.4, -0.2) is 53.6 Å². The van der Waals surface area contributed by atoms with Crippen molar-refractivity contribution in [2.24, 2.45) is 7.05 Å². The van der Waals surface area contributed by atoms with E-state index in [0.29, 0.717) is 24.1 Å². The van der Waals surface area contributed by atoms with Crippen LogP contribution in [0.3, 0.4) is 0 Å². The molecule has 1 N–H and O–H groups in total. The molecule has 4 rings (SSSR count). The van der Waals surface area contributed by atoms with Gasteiger partial charge in [-0.05, 0) is 59.6 Å². The third-order valence-electron chi connectivity index (χ3n) is 6.19. The van der Waals surface area contributed by atoms with E-state index in [1.54, 1.807) is 6.08 Å². The first kappa shape index (κ1) is 23.5. The van der Waals surface area contributed by atoms with Gasteiger partial charge in [0.25, 0.3) is 0 Å². The molecule has 34 heavy (non-hydrogen) atoms. The molecule has 3 aromatic heterocycles. The van der Waals surface area contributed by atoms with Gasteiger partial charge in [0, 0.05) is 60.8 Å². The number of hydrogen-bond acceptors (Lipinski definition) is 7. The summed E-state index contributed by atoms with van der Waals surface area (Å²) in [6.07, 6.45) is 5.45. The van der Waals surface area contributed by atoms with E-state index in [2.05, 4.69) is 30.4 Å². The second-order valence-electron chi connectivity index (χ2n) is 8.99. The number of likely N-dealkylation sites (tertiary alicyclic amines) is 1. The topological polar surface area (TPSA) is 102 Å². The zero-order chi connectivity index (χ0) is 24.4. The number of piperidine rings is 1. The average Bonchev–Trinajstić information content (AvgIpc) is 3.02. The SMILES string of the molecule is Cc1cc(C)nc(Nc2cc([C@@H]3CCCN(C(=O)/C=C/c4c(C)nn(C)c4C)C3)nc(C)n2)n1. The van der Waals surface area contributed by atoms with Crippen molar-refractivity contribution in [3.63, 3.8) is 0 Å². The number of rotatable bonds is 5. The predicted octanol–water partition coefficient (Wildman–Crippen LogP) is 3.71. The fraction of sp³-hybridized carbons (Fsp3) is 0.440. The zero-order valence-corrected chi connectivity index (χ0v) is 20.8. The van der Waals surface area contributed by atoms with Crippen LogP contribution in [-0.2, 0) is 11.8 Å². The standard InChI is InChI=1S/C25H32N8O/c1-15-12-16(2)27-25(26-15)30-23-13-22(28-19(5)29-23)20-8-7-11-33(14-20)24(34)10-9-21-17(3)31-32(6)18(21)4/h9-10,12-13,20H,7-8,11,14H2,1-6H3,(H,26,27,28,29,30)/b10-9+/t20-/m1/s1. The molecule has 1 atom stereocenters. The smallest absolute Gasteiger partial charge is 0.246 e. The summed E-state index contributed by atoms with van der Waals surface area (Å²) in [4.78, 5) is 33.0. The van der Waals surface area contributed by atoms with Gasteiger partial charge in [0.05, 0.1) is 11.4 Å². The number of aryl methyl sites for hydroxylation is 5. The Balaban J connectivity index is 1.49. The maximum atomic E-state index is 13.0. The molecule has 1 aliphatic heterocycles. The molecule has 0 aromatic carbocycles. The Labute approximate surface area is 200 Å². The number of carbonyl (C=O) groups excluding carboxylic acids is 1. The molecule has 9 heteroatoms. The van der Waals surface area contributed by atoms with Crippen molar-refractivity contribution in [3.05, 3.63) is 58.1 Å². The maximum absolute atomic E-state index is 13.0. The summed E-state index contributed by atoms with van der Waals surface area (Å²) in [6, 6.07) is 3.88. The number of aromatic nitrogens is 6. The van der Waals surface area contributed by atoms with Crippen molar-refractivity contribution in [1.82, 2.24) is 34.6 Å². The number of nitrogens with zero attached hydrogens (tertiary/aromatic N) is 7. The van der Waals surface area contributed by atoms with Crippen LogP contribution in [0.4, 0.5) is 11.8 Å². The average molecular weight is 461 g/mol. The second kappa shape index (κ2) is 9.70. The summed E-state index contributed by atoms with van der Waals surface area (Å²) in [5, 5.41) is 7.64. The van der Waals surface area contributed by atoms with Crippen molar-refractivity contribution in [3.8, 4) is 0 Å². The Bertz CT molecular complexity index is 1230. The Hall–Kier alpha value is -3.62. The number of carbonyl (C=O) groups is 1. The van der Waals surface area contributed by atoms with Gasteiger partial charge >= 0.3 is 0 Å². The molecular weight excluding hydrogens is 428 g/mol. The minimum atomic E-state index is 0.0140. The van der Waals surface area contributed by atoms with E-state index >= 15 is 0 Å². The lowest BCUT2D eigenvalue weighted by molar-refractivity contribution is -0.127. The van der Waals surface area contributed by atoms with Crippen LogP contribution in [0.1, 0.15) is 58.6 Å². The van der Waals surface area contributed by atoms with Crippen molar-refractivity contribution in [1.29, 1.82) is 0 Å². The molecular formula is C25H32N8O. The van der Waals surface area contributed by atoms with E-state index in [4.69, 9.17) is 0 Å². The summed E-state index contributed by atoms with van der Waals surface area (Å²) >= 11 is 0. The van der Waals surface area contributed by atoms with E-state index in [9.17, 15) is 4.79 Å². The van der Waals surface area contributed by atoms with Crippen LogP contribution in [0.25, 0.3) is 6.08 Å². The zero-order valence-electron chi connectivity index (χ0n) is 20.8. The van der Waals surface area contributed by atoms with Gasteiger partial charge in [0.1, 0.15) is 11.6 Å². The van der Waals surface area contributed by atoms with E-state index in [1.165, 1.54) is 0 Å². The van der Waals surface area contributed by atoms with E-state index in [0.717, 1.165) is 53.4 Å². The molecule has 0 radical (unpaired) electrons. The molecule has 3 aromatic rings. The number of nitrogens with one attached hydrogen (secondary N) is 1. The molecule has 9 nitrogen and oxygen atoms in total. The van der Waals surface area contributed by atoms with Crippen LogP contribution >= 0.6 is 0 Å². The molecule has 0 spiro atoms. The van der Waals surface area contributed by atoms with Crippen LogP contribution in [0.5, 0.6) is 0 Å². The van der Waals surface area contributed by atoms with Crippen LogP contribution in [0.2, 0.25) is 0 Å². The van der Waals surface area contributed by atoms with Gasteiger partial charge in [-0.15, -0.1) is 0 Å². The molecule has 1 amide bonds. The minimum absolute atomic E-state index is 0.0140. The molecule has 0 bridgehead atoms. The van der Waals surface area contributed by atoms with Crippen molar-refractivity contribution in [2.45, 2.75) is 53.4 Å². The fourth-order valence-corrected chi connectivity index (χ4v) is 4.47. The molecule has 4 heterocycles. The van der Waals surface area contributed by atoms with Gasteiger partial charge in [0.15, 0.2) is 0 Å². The number of amides is 1. The summed E-state index contributed by atoms with van der Waals surface area (Å²) in [6.45, 7) is 11.1. The molecule has 1 aliphatic rings. The lowest BCUT2D eigenvalue weighted by Gasteiger charge is -2.32. The van der Waals surface area contributed by atoms with Gasteiger partial charge < -0.3 is 10.2 Å². The largest absolute Gasteiger partial charge is 0.338 e. The lowest BCUT2D eigenvalue weighted by atomic mass is 9.94. The van der Waals surface area contributed by atoms with Crippen LogP contribution in [0, 0.1) is 34.6 Å². The van der Waals surface area contributed by atoms with E-state index in [1.807, 2.05) is 69.5 Å². The third kappa shape index (κ3) is 5.30. The highest BCUT2D eigenvalue weighted by molar-refractivity contribution is 5.92. The summed E-state index contributed by atoms with van der Waals surface area (Å²) in [5.41, 5.74) is 5.69. The van der Waals surface area contributed by atoms with Crippen LogP contribution in [0.15, 0.2) is 18.2 Å². The second-order valence-corrected chi connectivity index (χ2v) is 8.99. The monoisotopic (exact) mass is 460 g/mol.